The summed E-state index contributed by atoms with van der Waals surface area (Å²) in [4.78, 5) is 58.9. The number of benzene rings is 1. The van der Waals surface area contributed by atoms with E-state index in [0.717, 1.165) is 24.0 Å². The van der Waals surface area contributed by atoms with Gasteiger partial charge in [0.15, 0.2) is 0 Å². The number of carbonyl (C=O) groups excluding carboxylic acids is 4. The lowest BCUT2D eigenvalue weighted by Gasteiger charge is -2.14. The van der Waals surface area contributed by atoms with Gasteiger partial charge in [0.2, 0.25) is 23.6 Å². The van der Waals surface area contributed by atoms with Gasteiger partial charge in [0, 0.05) is 32.5 Å². The summed E-state index contributed by atoms with van der Waals surface area (Å²) in [6.45, 7) is 6.48. The van der Waals surface area contributed by atoms with Crippen molar-refractivity contribution in [3.8, 4) is 0 Å². The molecule has 0 spiro atoms. The summed E-state index contributed by atoms with van der Waals surface area (Å²) in [5.74, 6) is -2.36. The Hall–Kier alpha value is -3.59. The molecule has 1 atom stereocenters. The summed E-state index contributed by atoms with van der Waals surface area (Å²) < 4.78 is 21.1. The Balaban J connectivity index is 1.98. The molecule has 4 amide bonds. The van der Waals surface area contributed by atoms with Crippen molar-refractivity contribution in [1.29, 1.82) is 0 Å². The number of aliphatic carboxylic acids is 1. The Kier molecular flexibility index (Phi) is 22.5. The second-order valence-electron chi connectivity index (χ2n) is 10.2. The van der Waals surface area contributed by atoms with Crippen LogP contribution in [0.4, 0.5) is 0 Å². The zero-order chi connectivity index (χ0) is 33.1. The molecule has 0 heterocycles. The third-order valence-corrected chi connectivity index (χ3v) is 6.20. The summed E-state index contributed by atoms with van der Waals surface area (Å²) in [6.07, 6.45) is 2.29. The van der Waals surface area contributed by atoms with Crippen LogP contribution in [0.25, 0.3) is 0 Å². The number of nitrogens with one attached hydrogen (secondary N) is 4. The summed E-state index contributed by atoms with van der Waals surface area (Å²) in [7, 11) is 0. The van der Waals surface area contributed by atoms with Gasteiger partial charge < -0.3 is 45.3 Å². The molecule has 1 aromatic carbocycles. The first-order valence-electron chi connectivity index (χ1n) is 15.4. The van der Waals surface area contributed by atoms with Gasteiger partial charge in [-0.1, -0.05) is 36.8 Å². The molecule has 254 valence electrons. The molecule has 1 rings (SSSR count). The van der Waals surface area contributed by atoms with E-state index in [1.54, 1.807) is 0 Å². The molecule has 0 aromatic heterocycles. The fourth-order valence-corrected chi connectivity index (χ4v) is 3.76. The predicted octanol–water partition coefficient (Wildman–Crippen LogP) is 0.492. The van der Waals surface area contributed by atoms with Crippen molar-refractivity contribution in [2.24, 2.45) is 0 Å². The number of carboxylic acids is 1. The first-order valence-corrected chi connectivity index (χ1v) is 15.4. The SMILES string of the molecule is CCCNC(=O)COCCOCCNC(=O)COCCOCCNC(=O)CC[C@H](NC(=O)CCCc1ccc(C)cc1)C(=O)O. The van der Waals surface area contributed by atoms with Gasteiger partial charge in [0.1, 0.15) is 19.3 Å². The van der Waals surface area contributed by atoms with Crippen LogP contribution in [-0.4, -0.2) is 113 Å². The number of aryl methyl sites for hydroxylation is 2. The van der Waals surface area contributed by atoms with Gasteiger partial charge in [-0.25, -0.2) is 4.79 Å². The molecule has 0 aliphatic rings. The predicted molar refractivity (Wildman–Crippen MR) is 166 cm³/mol. The topological polar surface area (TPSA) is 191 Å². The Morgan fingerprint density at radius 2 is 1.22 bits per heavy atom. The second-order valence-corrected chi connectivity index (χ2v) is 10.2. The van der Waals surface area contributed by atoms with Crippen molar-refractivity contribution in [2.75, 3.05) is 72.5 Å². The van der Waals surface area contributed by atoms with Crippen LogP contribution in [0.15, 0.2) is 24.3 Å². The first kappa shape index (κ1) is 39.4. The molecule has 0 fully saturated rings. The van der Waals surface area contributed by atoms with E-state index in [1.807, 2.05) is 38.1 Å². The molecule has 0 unspecified atom stereocenters. The lowest BCUT2D eigenvalue weighted by molar-refractivity contribution is -0.142. The summed E-state index contributed by atoms with van der Waals surface area (Å²) in [5, 5.41) is 19.9. The molecule has 14 nitrogen and oxygen atoms in total. The smallest absolute Gasteiger partial charge is 0.326 e. The van der Waals surface area contributed by atoms with Crippen LogP contribution >= 0.6 is 0 Å². The van der Waals surface area contributed by atoms with E-state index in [-0.39, 0.29) is 89.1 Å². The van der Waals surface area contributed by atoms with E-state index in [1.165, 1.54) is 0 Å². The number of hydrogen-bond acceptors (Lipinski definition) is 9. The van der Waals surface area contributed by atoms with Crippen LogP contribution in [0.5, 0.6) is 0 Å². The lowest BCUT2D eigenvalue weighted by atomic mass is 10.1. The summed E-state index contributed by atoms with van der Waals surface area (Å²) in [5.41, 5.74) is 2.27. The molecular formula is C31H50N4O10. The summed E-state index contributed by atoms with van der Waals surface area (Å²) in [6, 6.07) is 6.88. The number of hydrogen-bond donors (Lipinski definition) is 5. The Morgan fingerprint density at radius 1 is 0.689 bits per heavy atom. The lowest BCUT2D eigenvalue weighted by Crippen LogP contribution is -2.41. The maximum absolute atomic E-state index is 12.2. The van der Waals surface area contributed by atoms with Crippen molar-refractivity contribution < 1.29 is 48.0 Å². The Bertz CT molecular complexity index is 1010. The van der Waals surface area contributed by atoms with Crippen molar-refractivity contribution in [3.05, 3.63) is 35.4 Å². The van der Waals surface area contributed by atoms with E-state index in [9.17, 15) is 29.1 Å². The van der Waals surface area contributed by atoms with Crippen LogP contribution in [-0.2, 0) is 49.3 Å². The van der Waals surface area contributed by atoms with E-state index in [4.69, 9.17) is 18.9 Å². The van der Waals surface area contributed by atoms with Gasteiger partial charge in [-0.3, -0.25) is 19.2 Å². The fraction of sp³-hybridized carbons (Fsp3) is 0.645. The van der Waals surface area contributed by atoms with Crippen molar-refractivity contribution in [3.63, 3.8) is 0 Å². The van der Waals surface area contributed by atoms with Crippen molar-refractivity contribution in [1.82, 2.24) is 21.3 Å². The highest BCUT2D eigenvalue weighted by molar-refractivity contribution is 5.84. The number of rotatable bonds is 27. The number of amides is 4. The van der Waals surface area contributed by atoms with Gasteiger partial charge in [0.25, 0.3) is 0 Å². The van der Waals surface area contributed by atoms with Crippen molar-refractivity contribution in [2.45, 2.75) is 58.4 Å². The maximum atomic E-state index is 12.2. The molecule has 0 saturated carbocycles. The van der Waals surface area contributed by atoms with Gasteiger partial charge in [-0.2, -0.15) is 0 Å². The molecule has 0 aliphatic heterocycles. The quantitative estimate of drug-likeness (QED) is 0.0848. The zero-order valence-corrected chi connectivity index (χ0v) is 26.5. The minimum absolute atomic E-state index is 0.0106. The molecule has 14 heteroatoms. The molecule has 0 saturated heterocycles. The number of carbonyl (C=O) groups is 5. The molecule has 1 aromatic rings. The minimum Gasteiger partial charge on any atom is -0.480 e. The van der Waals surface area contributed by atoms with Gasteiger partial charge in [-0.05, 0) is 38.2 Å². The second kappa shape index (κ2) is 25.7. The molecule has 0 bridgehead atoms. The van der Waals surface area contributed by atoms with Gasteiger partial charge in [-0.15, -0.1) is 0 Å². The third-order valence-electron chi connectivity index (χ3n) is 6.20. The maximum Gasteiger partial charge on any atom is 0.326 e. The molecule has 45 heavy (non-hydrogen) atoms. The third kappa shape index (κ3) is 22.6. The molecule has 0 aliphatic carbocycles. The van der Waals surface area contributed by atoms with Crippen LogP contribution in [0, 0.1) is 6.92 Å². The van der Waals surface area contributed by atoms with E-state index in [0.29, 0.717) is 32.7 Å². The van der Waals surface area contributed by atoms with E-state index < -0.39 is 12.0 Å². The standard InChI is InChI=1S/C31H50N4O10/c1-3-13-32-29(38)22-44-20-19-43-17-15-34-30(39)23-45-21-18-42-16-14-33-27(36)12-11-26(31(40)41)35-28(37)6-4-5-25-9-7-24(2)8-10-25/h7-10,26H,3-6,11-23H2,1-2H3,(H,32,38)(H,33,36)(H,34,39)(H,35,37)(H,40,41)/t26-/m0/s1. The van der Waals surface area contributed by atoms with Crippen LogP contribution in [0.3, 0.4) is 0 Å². The Morgan fingerprint density at radius 3 is 1.78 bits per heavy atom. The zero-order valence-electron chi connectivity index (χ0n) is 26.5. The minimum atomic E-state index is -1.19. The van der Waals surface area contributed by atoms with Gasteiger partial charge in [0.05, 0.1) is 39.6 Å². The van der Waals surface area contributed by atoms with E-state index >= 15 is 0 Å². The van der Waals surface area contributed by atoms with Crippen LogP contribution in [0.1, 0.15) is 50.2 Å². The normalized spacial score (nSPS) is 11.4. The Labute approximate surface area is 265 Å². The molecule has 0 radical (unpaired) electrons. The number of ether oxygens (including phenoxy) is 4. The molecular weight excluding hydrogens is 588 g/mol. The van der Waals surface area contributed by atoms with Gasteiger partial charge >= 0.3 is 5.97 Å². The highest BCUT2D eigenvalue weighted by Gasteiger charge is 2.20. The largest absolute Gasteiger partial charge is 0.480 e. The van der Waals surface area contributed by atoms with Crippen LogP contribution < -0.4 is 21.3 Å². The average Bonchev–Trinajstić information content (AvgIpc) is 3.01. The average molecular weight is 639 g/mol. The fourth-order valence-electron chi connectivity index (χ4n) is 3.76. The highest BCUT2D eigenvalue weighted by atomic mass is 16.5. The number of carboxylic acid groups (broad SMARTS) is 1. The molecule has 5 N–H and O–H groups in total. The monoisotopic (exact) mass is 638 g/mol. The first-order chi connectivity index (χ1) is 21.7. The van der Waals surface area contributed by atoms with E-state index in [2.05, 4.69) is 21.3 Å². The van der Waals surface area contributed by atoms with Crippen LogP contribution in [0.2, 0.25) is 0 Å². The summed E-state index contributed by atoms with van der Waals surface area (Å²) >= 11 is 0. The highest BCUT2D eigenvalue weighted by Crippen LogP contribution is 2.08. The van der Waals surface area contributed by atoms with Crippen molar-refractivity contribution >= 4 is 29.6 Å².